The molecule has 0 nitrogen and oxygen atoms in total. The molecule has 0 aliphatic rings. The highest BCUT2D eigenvalue weighted by atomic mass is 79.9. The maximum Gasteiger partial charge on any atom is 0.0746 e. The predicted molar refractivity (Wildman–Crippen MR) is 71.8 cm³/mol. The first-order valence-corrected chi connectivity index (χ1v) is 7.51. The van der Waals surface area contributed by atoms with Crippen molar-refractivity contribution in [2.75, 3.05) is 0 Å². The van der Waals surface area contributed by atoms with Gasteiger partial charge >= 0.3 is 0 Å². The molecule has 2 heterocycles. The molecule has 0 spiro atoms. The molecule has 0 aliphatic heterocycles. The third kappa shape index (κ3) is 2.30. The summed E-state index contributed by atoms with van der Waals surface area (Å²) in [5.74, 6) is 0. The second-order valence-corrected chi connectivity index (χ2v) is 7.52. The quantitative estimate of drug-likeness (QED) is 0.638. The fourth-order valence-electron chi connectivity index (χ4n) is 1.21. The molecule has 14 heavy (non-hydrogen) atoms. The minimum Gasteiger partial charge on any atom is -0.144 e. The fourth-order valence-corrected chi connectivity index (χ4v) is 4.17. The van der Waals surface area contributed by atoms with Crippen LogP contribution in [0.1, 0.15) is 20.1 Å². The van der Waals surface area contributed by atoms with Crippen LogP contribution >= 0.6 is 54.5 Å². The molecule has 2 aromatic rings. The minimum atomic E-state index is 0.337. The molecule has 1 unspecified atom stereocenters. The molecular weight excluding hydrogens is 344 g/mol. The van der Waals surface area contributed by atoms with E-state index in [4.69, 9.17) is 0 Å². The van der Waals surface area contributed by atoms with Crippen molar-refractivity contribution in [3.8, 4) is 0 Å². The monoisotopic (exact) mass is 350 g/mol. The van der Waals surface area contributed by atoms with E-state index in [0.717, 1.165) is 0 Å². The lowest BCUT2D eigenvalue weighted by atomic mass is 10.2. The van der Waals surface area contributed by atoms with Gasteiger partial charge in [0.05, 0.1) is 8.61 Å². The minimum absolute atomic E-state index is 0.337. The molecule has 0 aromatic carbocycles. The lowest BCUT2D eigenvalue weighted by Gasteiger charge is -2.03. The number of alkyl halides is 1. The summed E-state index contributed by atoms with van der Waals surface area (Å²) in [5.41, 5.74) is 1.32. The Labute approximate surface area is 108 Å². The smallest absolute Gasteiger partial charge is 0.0746 e. The molecule has 0 radical (unpaired) electrons. The summed E-state index contributed by atoms with van der Waals surface area (Å²) in [6.07, 6.45) is 0. The van der Waals surface area contributed by atoms with Crippen molar-refractivity contribution in [2.45, 2.75) is 11.8 Å². The standard InChI is InChI=1S/C10H8Br2S2/c1-6-2-3-8(14-6)10(12)7-4-9(11)13-5-7/h2-5,10H,1H3. The Morgan fingerprint density at radius 3 is 2.64 bits per heavy atom. The van der Waals surface area contributed by atoms with Crippen LogP contribution in [0.4, 0.5) is 0 Å². The molecule has 0 bridgehead atoms. The van der Waals surface area contributed by atoms with Gasteiger partial charge in [-0.05, 0) is 52.0 Å². The molecule has 1 atom stereocenters. The van der Waals surface area contributed by atoms with E-state index in [1.807, 2.05) is 11.3 Å². The molecule has 0 fully saturated rings. The van der Waals surface area contributed by atoms with Crippen molar-refractivity contribution < 1.29 is 0 Å². The second kappa shape index (κ2) is 4.47. The molecule has 0 amide bonds. The molecular formula is C10H8Br2S2. The highest BCUT2D eigenvalue weighted by Crippen LogP contribution is 2.38. The summed E-state index contributed by atoms with van der Waals surface area (Å²) < 4.78 is 1.19. The van der Waals surface area contributed by atoms with Crippen molar-refractivity contribution in [1.29, 1.82) is 0 Å². The Morgan fingerprint density at radius 2 is 2.14 bits per heavy atom. The zero-order valence-electron chi connectivity index (χ0n) is 7.46. The Bertz CT molecular complexity index is 391. The average molecular weight is 352 g/mol. The van der Waals surface area contributed by atoms with Crippen LogP contribution in [-0.4, -0.2) is 0 Å². The van der Waals surface area contributed by atoms with Crippen LogP contribution in [0.2, 0.25) is 0 Å². The van der Waals surface area contributed by atoms with Gasteiger partial charge in [-0.15, -0.1) is 22.7 Å². The highest BCUT2D eigenvalue weighted by molar-refractivity contribution is 9.11. The molecule has 2 aromatic heterocycles. The summed E-state index contributed by atoms with van der Waals surface area (Å²) in [7, 11) is 0. The zero-order valence-corrected chi connectivity index (χ0v) is 12.3. The summed E-state index contributed by atoms with van der Waals surface area (Å²) in [6.45, 7) is 2.14. The summed E-state index contributed by atoms with van der Waals surface area (Å²) in [6, 6.07) is 6.51. The second-order valence-electron chi connectivity index (χ2n) is 3.00. The van der Waals surface area contributed by atoms with Gasteiger partial charge in [-0.25, -0.2) is 0 Å². The van der Waals surface area contributed by atoms with Gasteiger partial charge in [-0.2, -0.15) is 0 Å². The first-order chi connectivity index (χ1) is 6.66. The van der Waals surface area contributed by atoms with Crippen LogP contribution in [0.3, 0.4) is 0 Å². The van der Waals surface area contributed by atoms with E-state index in [1.165, 1.54) is 19.1 Å². The van der Waals surface area contributed by atoms with Gasteiger partial charge in [0, 0.05) is 9.75 Å². The topological polar surface area (TPSA) is 0 Å². The first-order valence-electron chi connectivity index (χ1n) is 4.11. The zero-order chi connectivity index (χ0) is 10.1. The van der Waals surface area contributed by atoms with Gasteiger partial charge in [0.2, 0.25) is 0 Å². The Hall–Kier alpha value is 0.360. The van der Waals surface area contributed by atoms with Gasteiger partial charge < -0.3 is 0 Å². The Kier molecular flexibility index (Phi) is 3.47. The molecule has 0 aliphatic carbocycles. The van der Waals surface area contributed by atoms with Crippen molar-refractivity contribution in [2.24, 2.45) is 0 Å². The number of hydrogen-bond acceptors (Lipinski definition) is 2. The maximum absolute atomic E-state index is 3.72. The van der Waals surface area contributed by atoms with Gasteiger partial charge in [0.15, 0.2) is 0 Å². The third-order valence-corrected chi connectivity index (χ3v) is 5.80. The van der Waals surface area contributed by atoms with Gasteiger partial charge in [-0.1, -0.05) is 15.9 Å². The van der Waals surface area contributed by atoms with Gasteiger partial charge in [0.25, 0.3) is 0 Å². The molecule has 0 N–H and O–H groups in total. The molecule has 0 saturated heterocycles. The van der Waals surface area contributed by atoms with Crippen LogP contribution in [0.25, 0.3) is 0 Å². The third-order valence-electron chi connectivity index (χ3n) is 1.89. The molecule has 74 valence electrons. The fraction of sp³-hybridized carbons (Fsp3) is 0.200. The van der Waals surface area contributed by atoms with Crippen molar-refractivity contribution in [3.05, 3.63) is 42.7 Å². The van der Waals surface area contributed by atoms with Crippen molar-refractivity contribution in [1.82, 2.24) is 0 Å². The van der Waals surface area contributed by atoms with Gasteiger partial charge in [0.1, 0.15) is 0 Å². The lowest BCUT2D eigenvalue weighted by Crippen LogP contribution is -1.84. The van der Waals surface area contributed by atoms with E-state index in [-0.39, 0.29) is 0 Å². The van der Waals surface area contributed by atoms with E-state index in [2.05, 4.69) is 62.4 Å². The van der Waals surface area contributed by atoms with Gasteiger partial charge in [-0.3, -0.25) is 0 Å². The average Bonchev–Trinajstić information content (AvgIpc) is 2.73. The maximum atomic E-state index is 3.72. The normalized spacial score (nSPS) is 13.1. The molecule has 2 rings (SSSR count). The van der Waals surface area contributed by atoms with Crippen LogP contribution in [0.5, 0.6) is 0 Å². The largest absolute Gasteiger partial charge is 0.144 e. The molecule has 0 saturated carbocycles. The number of thiophene rings is 2. The predicted octanol–water partition coefficient (Wildman–Crippen LogP) is 5.36. The number of aryl methyl sites for hydroxylation is 1. The van der Waals surface area contributed by atoms with E-state index in [0.29, 0.717) is 4.83 Å². The van der Waals surface area contributed by atoms with E-state index in [9.17, 15) is 0 Å². The number of hydrogen-bond donors (Lipinski definition) is 0. The number of rotatable bonds is 2. The van der Waals surface area contributed by atoms with Crippen LogP contribution < -0.4 is 0 Å². The summed E-state index contributed by atoms with van der Waals surface area (Å²) in [4.78, 5) is 3.07. The van der Waals surface area contributed by atoms with Crippen LogP contribution in [0.15, 0.2) is 27.4 Å². The number of halogens is 2. The van der Waals surface area contributed by atoms with Crippen molar-refractivity contribution in [3.63, 3.8) is 0 Å². The highest BCUT2D eigenvalue weighted by Gasteiger charge is 2.13. The van der Waals surface area contributed by atoms with E-state index >= 15 is 0 Å². The molecule has 4 heteroatoms. The Balaban J connectivity index is 2.28. The van der Waals surface area contributed by atoms with Crippen molar-refractivity contribution >= 4 is 54.5 Å². The summed E-state index contributed by atoms with van der Waals surface area (Å²) >= 11 is 10.8. The van der Waals surface area contributed by atoms with E-state index < -0.39 is 0 Å². The van der Waals surface area contributed by atoms with Crippen LogP contribution in [0, 0.1) is 6.92 Å². The summed E-state index contributed by atoms with van der Waals surface area (Å²) in [5, 5.41) is 2.18. The first kappa shape index (κ1) is 10.9. The Morgan fingerprint density at radius 1 is 1.36 bits per heavy atom. The SMILES string of the molecule is Cc1ccc(C(Br)c2csc(Br)c2)s1. The van der Waals surface area contributed by atoms with Crippen LogP contribution in [-0.2, 0) is 0 Å². The lowest BCUT2D eigenvalue weighted by molar-refractivity contribution is 1.25. The van der Waals surface area contributed by atoms with E-state index in [1.54, 1.807) is 11.3 Å².